The quantitative estimate of drug-likeness (QED) is 0.693. The van der Waals surface area contributed by atoms with Crippen LogP contribution in [-0.4, -0.2) is 48.9 Å². The summed E-state index contributed by atoms with van der Waals surface area (Å²) in [7, 11) is 0. The lowest BCUT2D eigenvalue weighted by Gasteiger charge is -2.33. The van der Waals surface area contributed by atoms with Gasteiger partial charge in [0.2, 0.25) is 11.8 Å². The van der Waals surface area contributed by atoms with Crippen LogP contribution in [0.2, 0.25) is 0 Å². The Labute approximate surface area is 146 Å². The van der Waals surface area contributed by atoms with Crippen LogP contribution in [0.5, 0.6) is 0 Å². The van der Waals surface area contributed by atoms with Crippen molar-refractivity contribution in [3.05, 3.63) is 0 Å². The van der Waals surface area contributed by atoms with Crippen molar-refractivity contribution in [1.29, 1.82) is 0 Å². The fourth-order valence-corrected chi connectivity index (χ4v) is 3.53. The molecular formula is C17H32ClN3O2. The van der Waals surface area contributed by atoms with Crippen molar-refractivity contribution in [2.24, 2.45) is 11.8 Å². The Hall–Kier alpha value is -0.810. The smallest absolute Gasteiger partial charge is 0.225 e. The second-order valence-electron chi connectivity index (χ2n) is 6.90. The van der Waals surface area contributed by atoms with Crippen LogP contribution in [0.3, 0.4) is 0 Å². The molecule has 1 aliphatic heterocycles. The van der Waals surface area contributed by atoms with E-state index in [1.165, 1.54) is 12.8 Å². The molecule has 0 aromatic rings. The molecule has 2 fully saturated rings. The third-order valence-electron chi connectivity index (χ3n) is 4.98. The zero-order chi connectivity index (χ0) is 15.9. The van der Waals surface area contributed by atoms with Gasteiger partial charge in [-0.15, -0.1) is 12.4 Å². The van der Waals surface area contributed by atoms with Gasteiger partial charge < -0.3 is 15.5 Å². The topological polar surface area (TPSA) is 61.4 Å². The monoisotopic (exact) mass is 345 g/mol. The van der Waals surface area contributed by atoms with Gasteiger partial charge >= 0.3 is 0 Å². The Balaban J connectivity index is 0.00000264. The number of nitrogens with zero attached hydrogens (tertiary/aromatic N) is 1. The maximum atomic E-state index is 12.2. The van der Waals surface area contributed by atoms with Gasteiger partial charge in [-0.05, 0) is 44.6 Å². The molecule has 5 nitrogen and oxygen atoms in total. The number of hydrogen-bond donors (Lipinski definition) is 2. The molecule has 0 aromatic heterocycles. The van der Waals surface area contributed by atoms with Crippen molar-refractivity contribution < 1.29 is 9.59 Å². The molecule has 1 heterocycles. The summed E-state index contributed by atoms with van der Waals surface area (Å²) in [6, 6.07) is 0.368. The van der Waals surface area contributed by atoms with Gasteiger partial charge in [0.05, 0.1) is 5.92 Å². The van der Waals surface area contributed by atoms with Gasteiger partial charge in [-0.1, -0.05) is 13.8 Å². The lowest BCUT2D eigenvalue weighted by Crippen LogP contribution is -2.41. The summed E-state index contributed by atoms with van der Waals surface area (Å²) in [6.45, 7) is 7.44. The first kappa shape index (κ1) is 20.2. The minimum atomic E-state index is -0.155. The van der Waals surface area contributed by atoms with E-state index in [0.717, 1.165) is 38.3 Å². The summed E-state index contributed by atoms with van der Waals surface area (Å²) >= 11 is 0. The number of carbonyl (C=O) groups is 2. The minimum Gasteiger partial charge on any atom is -0.355 e. The molecule has 1 unspecified atom stereocenters. The highest BCUT2D eigenvalue weighted by Gasteiger charge is 2.38. The largest absolute Gasteiger partial charge is 0.355 e. The van der Waals surface area contributed by atoms with E-state index in [9.17, 15) is 9.59 Å². The molecular weight excluding hydrogens is 314 g/mol. The SMILES string of the molecule is CCCNCCNC(=O)C1CC(=O)N(C2CCC(C)CC2)C1.Cl. The van der Waals surface area contributed by atoms with Crippen molar-refractivity contribution in [3.8, 4) is 0 Å². The Kier molecular flexibility index (Phi) is 8.92. The molecule has 134 valence electrons. The van der Waals surface area contributed by atoms with Crippen LogP contribution in [0.25, 0.3) is 0 Å². The van der Waals surface area contributed by atoms with E-state index in [2.05, 4.69) is 24.5 Å². The van der Waals surface area contributed by atoms with Gasteiger partial charge in [-0.25, -0.2) is 0 Å². The molecule has 1 aliphatic carbocycles. The molecule has 2 amide bonds. The maximum absolute atomic E-state index is 12.2. The Morgan fingerprint density at radius 2 is 1.87 bits per heavy atom. The molecule has 2 N–H and O–H groups in total. The molecule has 1 atom stereocenters. The summed E-state index contributed by atoms with van der Waals surface area (Å²) < 4.78 is 0. The van der Waals surface area contributed by atoms with Crippen molar-refractivity contribution in [2.75, 3.05) is 26.2 Å². The zero-order valence-corrected chi connectivity index (χ0v) is 15.3. The highest BCUT2D eigenvalue weighted by Crippen LogP contribution is 2.31. The molecule has 2 aliphatic rings. The van der Waals surface area contributed by atoms with Crippen LogP contribution in [0, 0.1) is 11.8 Å². The zero-order valence-electron chi connectivity index (χ0n) is 14.5. The van der Waals surface area contributed by atoms with Crippen LogP contribution in [0.4, 0.5) is 0 Å². The molecule has 1 saturated carbocycles. The second-order valence-corrected chi connectivity index (χ2v) is 6.90. The molecule has 23 heavy (non-hydrogen) atoms. The Morgan fingerprint density at radius 1 is 1.17 bits per heavy atom. The number of hydrogen-bond acceptors (Lipinski definition) is 3. The van der Waals surface area contributed by atoms with E-state index < -0.39 is 0 Å². The molecule has 0 aromatic carbocycles. The maximum Gasteiger partial charge on any atom is 0.225 e. The number of amides is 2. The molecule has 2 rings (SSSR count). The number of likely N-dealkylation sites (tertiary alicyclic amines) is 1. The predicted octanol–water partition coefficient (Wildman–Crippen LogP) is 1.95. The van der Waals surface area contributed by atoms with E-state index in [4.69, 9.17) is 0 Å². The molecule has 0 spiro atoms. The number of rotatable bonds is 7. The third kappa shape index (κ3) is 5.96. The normalized spacial score (nSPS) is 27.7. The summed E-state index contributed by atoms with van der Waals surface area (Å²) in [5.41, 5.74) is 0. The van der Waals surface area contributed by atoms with Crippen molar-refractivity contribution >= 4 is 24.2 Å². The molecule has 1 saturated heterocycles. The van der Waals surface area contributed by atoms with E-state index in [0.29, 0.717) is 25.6 Å². The van der Waals surface area contributed by atoms with Gasteiger partial charge in [-0.3, -0.25) is 9.59 Å². The van der Waals surface area contributed by atoms with E-state index >= 15 is 0 Å². The summed E-state index contributed by atoms with van der Waals surface area (Å²) in [5, 5.41) is 6.22. The van der Waals surface area contributed by atoms with Gasteiger partial charge in [0.1, 0.15) is 0 Å². The number of nitrogens with one attached hydrogen (secondary N) is 2. The second kappa shape index (κ2) is 10.1. The average Bonchev–Trinajstić information content (AvgIpc) is 2.90. The standard InChI is InChI=1S/C17H31N3O2.ClH/c1-3-8-18-9-10-19-17(22)14-11-16(21)20(12-14)15-6-4-13(2)5-7-15;/h13-15,18H,3-12H2,1-2H3,(H,19,22);1H. The first-order chi connectivity index (χ1) is 10.6. The number of halogens is 1. The lowest BCUT2D eigenvalue weighted by atomic mass is 9.87. The van der Waals surface area contributed by atoms with Gasteiger partial charge in [0.15, 0.2) is 0 Å². The highest BCUT2D eigenvalue weighted by molar-refractivity contribution is 5.89. The van der Waals surface area contributed by atoms with Crippen molar-refractivity contribution in [2.45, 2.75) is 58.4 Å². The van der Waals surface area contributed by atoms with Gasteiger partial charge in [0, 0.05) is 32.1 Å². The van der Waals surface area contributed by atoms with Crippen molar-refractivity contribution in [3.63, 3.8) is 0 Å². The van der Waals surface area contributed by atoms with Gasteiger partial charge in [0.25, 0.3) is 0 Å². The fraction of sp³-hybridized carbons (Fsp3) is 0.882. The van der Waals surface area contributed by atoms with E-state index in [1.54, 1.807) is 0 Å². The first-order valence-electron chi connectivity index (χ1n) is 8.89. The van der Waals surface area contributed by atoms with Crippen LogP contribution in [0.1, 0.15) is 52.4 Å². The molecule has 0 radical (unpaired) electrons. The minimum absolute atomic E-state index is 0. The lowest BCUT2D eigenvalue weighted by molar-refractivity contribution is -0.130. The van der Waals surface area contributed by atoms with Crippen LogP contribution in [-0.2, 0) is 9.59 Å². The number of carbonyl (C=O) groups excluding carboxylic acids is 2. The predicted molar refractivity (Wildman–Crippen MR) is 94.7 cm³/mol. The van der Waals surface area contributed by atoms with Crippen LogP contribution >= 0.6 is 12.4 Å². The Morgan fingerprint density at radius 3 is 2.52 bits per heavy atom. The van der Waals surface area contributed by atoms with Crippen LogP contribution < -0.4 is 10.6 Å². The highest BCUT2D eigenvalue weighted by atomic mass is 35.5. The average molecular weight is 346 g/mol. The summed E-state index contributed by atoms with van der Waals surface area (Å²) in [4.78, 5) is 26.4. The molecule has 0 bridgehead atoms. The summed E-state index contributed by atoms with van der Waals surface area (Å²) in [5.74, 6) is 0.837. The Bertz CT molecular complexity index is 384. The summed E-state index contributed by atoms with van der Waals surface area (Å²) in [6.07, 6.45) is 6.09. The van der Waals surface area contributed by atoms with Gasteiger partial charge in [-0.2, -0.15) is 0 Å². The van der Waals surface area contributed by atoms with Crippen molar-refractivity contribution in [1.82, 2.24) is 15.5 Å². The van der Waals surface area contributed by atoms with E-state index in [1.807, 2.05) is 4.90 Å². The fourth-order valence-electron chi connectivity index (χ4n) is 3.53. The van der Waals surface area contributed by atoms with Crippen LogP contribution in [0.15, 0.2) is 0 Å². The third-order valence-corrected chi connectivity index (χ3v) is 4.98. The molecule has 6 heteroatoms. The van der Waals surface area contributed by atoms with E-state index in [-0.39, 0.29) is 30.1 Å². The first-order valence-corrected chi connectivity index (χ1v) is 8.89.